The van der Waals surface area contributed by atoms with Crippen LogP contribution in [-0.2, 0) is 24.1 Å². The highest BCUT2D eigenvalue weighted by molar-refractivity contribution is 5.84. The molecule has 4 heteroatoms. The summed E-state index contributed by atoms with van der Waals surface area (Å²) in [5, 5.41) is 0. The molecule has 0 aromatic heterocycles. The second-order valence-electron chi connectivity index (χ2n) is 4.57. The summed E-state index contributed by atoms with van der Waals surface area (Å²) in [5.41, 5.74) is 9.36. The number of benzene rings is 1. The highest BCUT2D eigenvalue weighted by Gasteiger charge is 2.32. The summed E-state index contributed by atoms with van der Waals surface area (Å²) >= 11 is 0. The van der Waals surface area contributed by atoms with E-state index in [2.05, 4.69) is 0 Å². The van der Waals surface area contributed by atoms with E-state index in [4.69, 9.17) is 15.2 Å². The third-order valence-electron chi connectivity index (χ3n) is 3.34. The largest absolute Gasteiger partial charge is 0.490 e. The number of carbonyl (C=O) groups is 1. The van der Waals surface area contributed by atoms with Crippen molar-refractivity contribution in [2.24, 2.45) is 5.73 Å². The molecule has 4 nitrogen and oxygen atoms in total. The zero-order valence-corrected chi connectivity index (χ0v) is 9.79. The van der Waals surface area contributed by atoms with Crippen molar-refractivity contribution in [3.63, 3.8) is 0 Å². The molecule has 17 heavy (non-hydrogen) atoms. The number of fused-ring (bicyclic) bond motifs is 3. The monoisotopic (exact) mass is 233 g/mol. The van der Waals surface area contributed by atoms with Crippen LogP contribution in [0.15, 0.2) is 6.07 Å². The fraction of sp³-hybridized carbons (Fsp3) is 0.462. The summed E-state index contributed by atoms with van der Waals surface area (Å²) in [7, 11) is 0. The number of hydrogen-bond donors (Lipinski definition) is 1. The van der Waals surface area contributed by atoms with Crippen LogP contribution in [0.5, 0.6) is 11.5 Å². The van der Waals surface area contributed by atoms with Gasteiger partial charge in [0.15, 0.2) is 11.5 Å². The Kier molecular flexibility index (Phi) is 2.33. The number of nitrogens with two attached hydrogens (primary N) is 1. The van der Waals surface area contributed by atoms with Crippen LogP contribution in [0.3, 0.4) is 0 Å². The van der Waals surface area contributed by atoms with E-state index >= 15 is 0 Å². The van der Waals surface area contributed by atoms with Gasteiger partial charge >= 0.3 is 5.97 Å². The molecule has 1 heterocycles. The van der Waals surface area contributed by atoms with Crippen molar-refractivity contribution in [1.29, 1.82) is 0 Å². The molecule has 2 aliphatic rings. The van der Waals surface area contributed by atoms with E-state index in [1.54, 1.807) is 0 Å². The topological polar surface area (TPSA) is 61.5 Å². The van der Waals surface area contributed by atoms with Gasteiger partial charge in [-0.3, -0.25) is 4.79 Å². The minimum absolute atomic E-state index is 0.154. The molecule has 0 saturated heterocycles. The van der Waals surface area contributed by atoms with E-state index in [0.29, 0.717) is 24.5 Å². The summed E-state index contributed by atoms with van der Waals surface area (Å²) < 4.78 is 10.8. The fourth-order valence-electron chi connectivity index (χ4n) is 2.70. The smallest absolute Gasteiger partial charge is 0.315 e. The second-order valence-corrected chi connectivity index (χ2v) is 4.57. The van der Waals surface area contributed by atoms with Gasteiger partial charge in [-0.2, -0.15) is 0 Å². The molecule has 90 valence electrons. The van der Waals surface area contributed by atoms with Crippen LogP contribution in [0.1, 0.15) is 23.6 Å². The minimum Gasteiger partial charge on any atom is -0.490 e. The van der Waals surface area contributed by atoms with Crippen LogP contribution in [0.25, 0.3) is 0 Å². The van der Waals surface area contributed by atoms with E-state index in [0.717, 1.165) is 18.4 Å². The Morgan fingerprint density at radius 2 is 2.29 bits per heavy atom. The van der Waals surface area contributed by atoms with Crippen molar-refractivity contribution in [3.05, 3.63) is 22.8 Å². The van der Waals surface area contributed by atoms with Crippen LogP contribution in [0, 0.1) is 0 Å². The third-order valence-corrected chi connectivity index (χ3v) is 3.34. The van der Waals surface area contributed by atoms with Crippen LogP contribution < -0.4 is 15.2 Å². The van der Waals surface area contributed by atoms with Crippen LogP contribution in [0.4, 0.5) is 0 Å². The van der Waals surface area contributed by atoms with E-state index in [1.165, 1.54) is 11.1 Å². The molecule has 1 unspecified atom stereocenters. The summed E-state index contributed by atoms with van der Waals surface area (Å²) in [6.07, 6.45) is 2.04. The zero-order valence-electron chi connectivity index (χ0n) is 9.79. The van der Waals surface area contributed by atoms with E-state index in [1.807, 2.05) is 13.0 Å². The lowest BCUT2D eigenvalue weighted by Crippen LogP contribution is -2.19. The molecule has 1 aliphatic carbocycles. The molecule has 0 spiro atoms. The number of esters is 1. The summed E-state index contributed by atoms with van der Waals surface area (Å²) in [6.45, 7) is 2.48. The molecular weight excluding hydrogens is 218 g/mol. The van der Waals surface area contributed by atoms with E-state index in [-0.39, 0.29) is 12.0 Å². The quantitative estimate of drug-likeness (QED) is 0.611. The first-order chi connectivity index (χ1) is 8.19. The first-order valence-corrected chi connectivity index (χ1v) is 5.95. The molecule has 1 aromatic rings. The Bertz CT molecular complexity index is 496. The Morgan fingerprint density at radius 3 is 3.06 bits per heavy atom. The minimum atomic E-state index is -0.199. The predicted molar refractivity (Wildman–Crippen MR) is 62.3 cm³/mol. The van der Waals surface area contributed by atoms with Gasteiger partial charge in [-0.05, 0) is 37.0 Å². The van der Waals surface area contributed by atoms with Crippen LogP contribution in [0.2, 0.25) is 0 Å². The van der Waals surface area contributed by atoms with Crippen molar-refractivity contribution >= 4 is 5.97 Å². The van der Waals surface area contributed by atoms with Crippen molar-refractivity contribution < 1.29 is 14.3 Å². The SMILES string of the molecule is CCOc1cc2c(c3c1OC(=O)C3)CC(N)C2. The molecule has 0 amide bonds. The van der Waals surface area contributed by atoms with Crippen molar-refractivity contribution in [2.75, 3.05) is 6.61 Å². The van der Waals surface area contributed by atoms with Crippen molar-refractivity contribution in [2.45, 2.75) is 32.2 Å². The third kappa shape index (κ3) is 1.60. The Hall–Kier alpha value is -1.55. The normalized spacial score (nSPS) is 21.1. The molecule has 0 saturated carbocycles. The van der Waals surface area contributed by atoms with Gasteiger partial charge in [-0.1, -0.05) is 0 Å². The van der Waals surface area contributed by atoms with Crippen molar-refractivity contribution in [1.82, 2.24) is 0 Å². The lowest BCUT2D eigenvalue weighted by molar-refractivity contribution is -0.131. The highest BCUT2D eigenvalue weighted by atomic mass is 16.6. The van der Waals surface area contributed by atoms with E-state index < -0.39 is 0 Å². The molecule has 1 aliphatic heterocycles. The van der Waals surface area contributed by atoms with Gasteiger partial charge in [0.05, 0.1) is 13.0 Å². The average Bonchev–Trinajstić information content (AvgIpc) is 2.81. The molecule has 1 atom stereocenters. The maximum absolute atomic E-state index is 11.4. The van der Waals surface area contributed by atoms with Crippen LogP contribution >= 0.6 is 0 Å². The molecule has 2 N–H and O–H groups in total. The predicted octanol–water partition coefficient (Wildman–Crippen LogP) is 0.973. The van der Waals surface area contributed by atoms with Gasteiger partial charge in [-0.25, -0.2) is 0 Å². The van der Waals surface area contributed by atoms with Gasteiger partial charge in [0, 0.05) is 11.6 Å². The standard InChI is InChI=1S/C13H15NO3/c1-2-16-11-4-7-3-8(14)5-9(7)10-6-12(15)17-13(10)11/h4,8H,2-3,5-6,14H2,1H3. The Morgan fingerprint density at radius 1 is 1.47 bits per heavy atom. The molecule has 0 bridgehead atoms. The zero-order chi connectivity index (χ0) is 12.0. The van der Waals surface area contributed by atoms with Gasteiger partial charge in [0.25, 0.3) is 0 Å². The molecule has 0 fully saturated rings. The second kappa shape index (κ2) is 3.74. The number of rotatable bonds is 2. The summed E-state index contributed by atoms with van der Waals surface area (Å²) in [4.78, 5) is 11.4. The number of carbonyl (C=O) groups excluding carboxylic acids is 1. The number of ether oxygens (including phenoxy) is 2. The van der Waals surface area contributed by atoms with E-state index in [9.17, 15) is 4.79 Å². The lowest BCUT2D eigenvalue weighted by Gasteiger charge is -2.11. The summed E-state index contributed by atoms with van der Waals surface area (Å²) in [5.74, 6) is 1.10. The van der Waals surface area contributed by atoms with Crippen LogP contribution in [-0.4, -0.2) is 18.6 Å². The molecule has 0 radical (unpaired) electrons. The Balaban J connectivity index is 2.13. The summed E-state index contributed by atoms with van der Waals surface area (Å²) in [6, 6.07) is 2.13. The maximum Gasteiger partial charge on any atom is 0.315 e. The number of hydrogen-bond acceptors (Lipinski definition) is 4. The van der Waals surface area contributed by atoms with Gasteiger partial charge in [0.2, 0.25) is 0 Å². The average molecular weight is 233 g/mol. The lowest BCUT2D eigenvalue weighted by atomic mass is 10.0. The van der Waals surface area contributed by atoms with Gasteiger partial charge in [0.1, 0.15) is 0 Å². The Labute approximate surface area is 99.7 Å². The van der Waals surface area contributed by atoms with Gasteiger partial charge < -0.3 is 15.2 Å². The first kappa shape index (κ1) is 10.6. The molecule has 3 rings (SSSR count). The van der Waals surface area contributed by atoms with Crippen molar-refractivity contribution in [3.8, 4) is 11.5 Å². The molecular formula is C13H15NO3. The highest BCUT2D eigenvalue weighted by Crippen LogP contribution is 2.43. The van der Waals surface area contributed by atoms with Gasteiger partial charge in [-0.15, -0.1) is 0 Å². The maximum atomic E-state index is 11.4. The molecule has 1 aromatic carbocycles. The first-order valence-electron chi connectivity index (χ1n) is 5.95. The fourth-order valence-corrected chi connectivity index (χ4v) is 2.70.